The smallest absolute Gasteiger partial charge is 0.160 e. The Balaban J connectivity index is 3.04. The highest BCUT2D eigenvalue weighted by molar-refractivity contribution is 5.92. The first kappa shape index (κ1) is 15.4. The lowest BCUT2D eigenvalue weighted by molar-refractivity contribution is -0.117. The van der Waals surface area contributed by atoms with Gasteiger partial charge in [0.25, 0.3) is 0 Å². The van der Waals surface area contributed by atoms with Crippen LogP contribution in [0.4, 0.5) is 5.69 Å². The Morgan fingerprint density at radius 1 is 1.26 bits per heavy atom. The number of methoxy groups -OCH3 is 1. The van der Waals surface area contributed by atoms with E-state index in [0.29, 0.717) is 0 Å². The third kappa shape index (κ3) is 4.52. The van der Waals surface area contributed by atoms with Gasteiger partial charge in [0.2, 0.25) is 0 Å². The molecule has 0 saturated heterocycles. The highest BCUT2D eigenvalue weighted by Crippen LogP contribution is 2.23. The summed E-state index contributed by atoms with van der Waals surface area (Å²) in [5, 5.41) is 3.27. The first-order chi connectivity index (χ1) is 8.86. The number of nitrogens with one attached hydrogen (secondary N) is 1. The Labute approximate surface area is 115 Å². The molecule has 3 nitrogen and oxygen atoms in total. The second-order valence-electron chi connectivity index (χ2n) is 5.32. The first-order valence-electron chi connectivity index (χ1n) is 6.50. The Hall–Kier alpha value is -1.61. The van der Waals surface area contributed by atoms with Crippen molar-refractivity contribution < 1.29 is 9.53 Å². The second kappa shape index (κ2) is 6.53. The molecule has 19 heavy (non-hydrogen) atoms. The van der Waals surface area contributed by atoms with Crippen molar-refractivity contribution in [3.8, 4) is 0 Å². The van der Waals surface area contributed by atoms with Crippen LogP contribution in [0.3, 0.4) is 0 Å². The van der Waals surface area contributed by atoms with Gasteiger partial charge in [-0.2, -0.15) is 0 Å². The summed E-state index contributed by atoms with van der Waals surface area (Å²) >= 11 is 0. The Kier molecular flexibility index (Phi) is 5.31. The zero-order chi connectivity index (χ0) is 14.5. The number of ketones is 1. The number of anilines is 1. The van der Waals surface area contributed by atoms with E-state index in [9.17, 15) is 4.79 Å². The Morgan fingerprint density at radius 3 is 2.32 bits per heavy atom. The monoisotopic (exact) mass is 261 g/mol. The van der Waals surface area contributed by atoms with Gasteiger partial charge < -0.3 is 10.1 Å². The molecule has 0 unspecified atom stereocenters. The predicted octanol–water partition coefficient (Wildman–Crippen LogP) is 3.63. The number of benzene rings is 1. The molecule has 0 heterocycles. The van der Waals surface area contributed by atoms with E-state index in [0.717, 1.165) is 11.4 Å². The van der Waals surface area contributed by atoms with Crippen molar-refractivity contribution in [2.75, 3.05) is 12.4 Å². The average Bonchev–Trinajstić information content (AvgIpc) is 2.38. The van der Waals surface area contributed by atoms with E-state index in [1.807, 2.05) is 58.0 Å². The van der Waals surface area contributed by atoms with Crippen LogP contribution in [0.25, 0.3) is 0 Å². The second-order valence-corrected chi connectivity index (χ2v) is 5.32. The lowest BCUT2D eigenvalue weighted by Crippen LogP contribution is -2.31. The van der Waals surface area contributed by atoms with Crippen molar-refractivity contribution in [2.45, 2.75) is 33.3 Å². The summed E-state index contributed by atoms with van der Waals surface area (Å²) < 4.78 is 5.47. The lowest BCUT2D eigenvalue weighted by Gasteiger charge is -2.27. The van der Waals surface area contributed by atoms with Gasteiger partial charge in [-0.1, -0.05) is 32.0 Å². The van der Waals surface area contributed by atoms with Gasteiger partial charge in [0.1, 0.15) is 5.60 Å². The van der Waals surface area contributed by atoms with Crippen LogP contribution in [-0.4, -0.2) is 18.5 Å². The SMILES string of the molecule is COC(C)(C)C(=CC(=O)C(C)C)Nc1ccccc1. The maximum atomic E-state index is 11.9. The number of allylic oxidation sites excluding steroid dienone is 1. The summed E-state index contributed by atoms with van der Waals surface area (Å²) in [5.74, 6) is 0.0591. The molecule has 1 N–H and O–H groups in total. The molecule has 0 atom stereocenters. The minimum absolute atomic E-state index is 0.0276. The minimum atomic E-state index is -0.541. The van der Waals surface area contributed by atoms with E-state index < -0.39 is 5.60 Å². The predicted molar refractivity (Wildman–Crippen MR) is 79.1 cm³/mol. The molecule has 1 rings (SSSR count). The fourth-order valence-corrected chi connectivity index (χ4v) is 1.46. The summed E-state index contributed by atoms with van der Waals surface area (Å²) in [5.41, 5.74) is 1.16. The quantitative estimate of drug-likeness (QED) is 0.795. The molecule has 1 aromatic carbocycles. The van der Waals surface area contributed by atoms with Gasteiger partial charge in [-0.25, -0.2) is 0 Å². The number of rotatable bonds is 6. The van der Waals surface area contributed by atoms with Crippen LogP contribution < -0.4 is 5.32 Å². The molecule has 0 aliphatic heterocycles. The highest BCUT2D eigenvalue weighted by atomic mass is 16.5. The van der Waals surface area contributed by atoms with Crippen molar-refractivity contribution in [3.05, 3.63) is 42.1 Å². The first-order valence-corrected chi connectivity index (χ1v) is 6.50. The van der Waals surface area contributed by atoms with Crippen LogP contribution in [0.5, 0.6) is 0 Å². The van der Waals surface area contributed by atoms with Crippen molar-refractivity contribution >= 4 is 11.5 Å². The molecule has 0 aliphatic rings. The molecule has 0 aromatic heterocycles. The largest absolute Gasteiger partial charge is 0.373 e. The number of carbonyl (C=O) groups is 1. The van der Waals surface area contributed by atoms with Gasteiger partial charge in [-0.15, -0.1) is 0 Å². The number of carbonyl (C=O) groups excluding carboxylic acids is 1. The summed E-state index contributed by atoms with van der Waals surface area (Å²) in [7, 11) is 1.64. The van der Waals surface area contributed by atoms with Gasteiger partial charge in [0.15, 0.2) is 5.78 Å². The lowest BCUT2D eigenvalue weighted by atomic mass is 10.00. The van der Waals surface area contributed by atoms with E-state index >= 15 is 0 Å². The Bertz CT molecular complexity index is 447. The maximum Gasteiger partial charge on any atom is 0.160 e. The van der Waals surface area contributed by atoms with Gasteiger partial charge in [-0.3, -0.25) is 4.79 Å². The maximum absolute atomic E-state index is 11.9. The van der Waals surface area contributed by atoms with Gasteiger partial charge in [0, 0.05) is 24.8 Å². The summed E-state index contributed by atoms with van der Waals surface area (Å²) in [6.07, 6.45) is 1.64. The van der Waals surface area contributed by atoms with Gasteiger partial charge >= 0.3 is 0 Å². The van der Waals surface area contributed by atoms with E-state index in [-0.39, 0.29) is 11.7 Å². The van der Waals surface area contributed by atoms with Crippen LogP contribution in [0.15, 0.2) is 42.1 Å². The number of hydrogen-bond donors (Lipinski definition) is 1. The molecular formula is C16H23NO2. The Morgan fingerprint density at radius 2 is 1.84 bits per heavy atom. The molecule has 0 fully saturated rings. The molecule has 0 radical (unpaired) electrons. The van der Waals surface area contributed by atoms with Gasteiger partial charge in [0.05, 0.1) is 5.70 Å². The number of para-hydroxylation sites is 1. The van der Waals surface area contributed by atoms with E-state index in [1.165, 1.54) is 0 Å². The fraction of sp³-hybridized carbons (Fsp3) is 0.438. The third-order valence-corrected chi connectivity index (χ3v) is 3.07. The van der Waals surface area contributed by atoms with Crippen LogP contribution >= 0.6 is 0 Å². The van der Waals surface area contributed by atoms with Crippen LogP contribution in [0, 0.1) is 5.92 Å². The minimum Gasteiger partial charge on any atom is -0.373 e. The number of ether oxygens (including phenoxy) is 1. The molecular weight excluding hydrogens is 238 g/mol. The zero-order valence-corrected chi connectivity index (χ0v) is 12.4. The van der Waals surface area contributed by atoms with Crippen molar-refractivity contribution in [1.29, 1.82) is 0 Å². The molecule has 0 bridgehead atoms. The number of hydrogen-bond acceptors (Lipinski definition) is 3. The summed E-state index contributed by atoms with van der Waals surface area (Å²) in [4.78, 5) is 11.9. The highest BCUT2D eigenvalue weighted by Gasteiger charge is 2.24. The molecule has 0 spiro atoms. The van der Waals surface area contributed by atoms with Crippen LogP contribution in [-0.2, 0) is 9.53 Å². The van der Waals surface area contributed by atoms with Crippen molar-refractivity contribution in [2.24, 2.45) is 5.92 Å². The van der Waals surface area contributed by atoms with E-state index in [4.69, 9.17) is 4.74 Å². The van der Waals surface area contributed by atoms with Crippen molar-refractivity contribution in [3.63, 3.8) is 0 Å². The summed E-state index contributed by atoms with van der Waals surface area (Å²) in [6.45, 7) is 7.64. The molecule has 1 aromatic rings. The van der Waals surface area contributed by atoms with Crippen LogP contribution in [0.1, 0.15) is 27.7 Å². The average molecular weight is 261 g/mol. The van der Waals surface area contributed by atoms with Gasteiger partial charge in [-0.05, 0) is 26.0 Å². The van der Waals surface area contributed by atoms with E-state index in [2.05, 4.69) is 5.32 Å². The summed E-state index contributed by atoms with van der Waals surface area (Å²) in [6, 6.07) is 9.77. The zero-order valence-electron chi connectivity index (χ0n) is 12.4. The van der Waals surface area contributed by atoms with Crippen LogP contribution in [0.2, 0.25) is 0 Å². The topological polar surface area (TPSA) is 38.3 Å². The molecule has 104 valence electrons. The molecule has 0 amide bonds. The normalized spacial score (nSPS) is 12.6. The standard InChI is InChI=1S/C16H23NO2/c1-12(2)14(18)11-15(16(3,4)19-5)17-13-9-7-6-8-10-13/h6-12,17H,1-5H3. The third-order valence-electron chi connectivity index (χ3n) is 3.07. The van der Waals surface area contributed by atoms with E-state index in [1.54, 1.807) is 13.2 Å². The molecule has 0 aliphatic carbocycles. The molecule has 0 saturated carbocycles. The molecule has 3 heteroatoms. The fourth-order valence-electron chi connectivity index (χ4n) is 1.46. The van der Waals surface area contributed by atoms with Crippen molar-refractivity contribution in [1.82, 2.24) is 0 Å².